The maximum atomic E-state index is 12.8. The fourth-order valence-electron chi connectivity index (χ4n) is 3.65. The van der Waals surface area contributed by atoms with Crippen molar-refractivity contribution < 1.29 is 8.42 Å². The lowest BCUT2D eigenvalue weighted by Gasteiger charge is -2.40. The summed E-state index contributed by atoms with van der Waals surface area (Å²) in [7, 11) is -3.43. The van der Waals surface area contributed by atoms with Crippen molar-refractivity contribution in [2.24, 2.45) is 11.8 Å². The first-order chi connectivity index (χ1) is 9.98. The van der Waals surface area contributed by atoms with E-state index in [4.69, 9.17) is 5.73 Å². The molecule has 0 bridgehead atoms. The maximum absolute atomic E-state index is 12.8. The highest BCUT2D eigenvalue weighted by Gasteiger charge is 2.37. The largest absolute Gasteiger partial charge is 0.399 e. The van der Waals surface area contributed by atoms with E-state index in [0.717, 1.165) is 12.3 Å². The van der Waals surface area contributed by atoms with Gasteiger partial charge in [0.25, 0.3) is 0 Å². The van der Waals surface area contributed by atoms with E-state index in [2.05, 4.69) is 15.9 Å². The first-order valence-electron chi connectivity index (χ1n) is 7.53. The van der Waals surface area contributed by atoms with Crippen molar-refractivity contribution in [3.63, 3.8) is 0 Å². The Morgan fingerprint density at radius 3 is 2.57 bits per heavy atom. The average Bonchev–Trinajstić information content (AvgIpc) is 2.46. The molecule has 2 N–H and O–H groups in total. The zero-order chi connectivity index (χ0) is 15.0. The van der Waals surface area contributed by atoms with Gasteiger partial charge in [-0.15, -0.1) is 0 Å². The van der Waals surface area contributed by atoms with Crippen molar-refractivity contribution in [2.45, 2.75) is 37.0 Å². The van der Waals surface area contributed by atoms with E-state index in [0.29, 0.717) is 34.1 Å². The second-order valence-corrected chi connectivity index (χ2v) is 8.91. The number of hydrogen-bond donors (Lipinski definition) is 1. The van der Waals surface area contributed by atoms with Gasteiger partial charge in [0.15, 0.2) is 0 Å². The third-order valence-corrected chi connectivity index (χ3v) is 7.67. The molecule has 1 saturated heterocycles. The SMILES string of the molecule is Nc1ccc(S(=O)(=O)N2CCC3CCCCC3C2)c(Br)c1. The molecular formula is C15H21BrN2O2S. The highest BCUT2D eigenvalue weighted by atomic mass is 79.9. The topological polar surface area (TPSA) is 63.4 Å². The Balaban J connectivity index is 1.85. The molecule has 2 fully saturated rings. The predicted octanol–water partition coefficient (Wildman–Crippen LogP) is 3.23. The molecule has 1 heterocycles. The van der Waals surface area contributed by atoms with Gasteiger partial charge in [-0.05, 0) is 58.8 Å². The minimum Gasteiger partial charge on any atom is -0.399 e. The van der Waals surface area contributed by atoms with E-state index in [1.165, 1.54) is 25.7 Å². The average molecular weight is 373 g/mol. The first kappa shape index (κ1) is 15.3. The van der Waals surface area contributed by atoms with E-state index >= 15 is 0 Å². The standard InChI is InChI=1S/C15H21BrN2O2S/c16-14-9-13(17)5-6-15(14)21(19,20)18-8-7-11-3-1-2-4-12(11)10-18/h5-6,9,11-12H,1-4,7-8,10,17H2. The monoisotopic (exact) mass is 372 g/mol. The van der Waals surface area contributed by atoms with Gasteiger partial charge in [-0.3, -0.25) is 0 Å². The lowest BCUT2D eigenvalue weighted by Crippen LogP contribution is -2.44. The lowest BCUT2D eigenvalue weighted by molar-refractivity contribution is 0.136. The van der Waals surface area contributed by atoms with E-state index in [9.17, 15) is 8.42 Å². The number of nitrogen functional groups attached to an aromatic ring is 1. The number of piperidine rings is 1. The normalized spacial score (nSPS) is 27.3. The molecule has 3 rings (SSSR count). The fraction of sp³-hybridized carbons (Fsp3) is 0.600. The van der Waals surface area contributed by atoms with Crippen LogP contribution < -0.4 is 5.73 Å². The molecule has 0 spiro atoms. The van der Waals surface area contributed by atoms with Crippen molar-refractivity contribution in [3.8, 4) is 0 Å². The number of fused-ring (bicyclic) bond motifs is 1. The first-order valence-corrected chi connectivity index (χ1v) is 9.77. The van der Waals surface area contributed by atoms with Crippen LogP contribution >= 0.6 is 15.9 Å². The Morgan fingerprint density at radius 2 is 1.86 bits per heavy atom. The Morgan fingerprint density at radius 1 is 1.14 bits per heavy atom. The van der Waals surface area contributed by atoms with Crippen LogP contribution in [0.5, 0.6) is 0 Å². The molecular weight excluding hydrogens is 352 g/mol. The number of halogens is 1. The number of hydrogen-bond acceptors (Lipinski definition) is 3. The highest BCUT2D eigenvalue weighted by molar-refractivity contribution is 9.10. The van der Waals surface area contributed by atoms with Crippen molar-refractivity contribution >= 4 is 31.6 Å². The highest BCUT2D eigenvalue weighted by Crippen LogP contribution is 2.38. The minimum absolute atomic E-state index is 0.325. The van der Waals surface area contributed by atoms with E-state index < -0.39 is 10.0 Å². The van der Waals surface area contributed by atoms with Gasteiger partial charge in [0, 0.05) is 23.2 Å². The zero-order valence-electron chi connectivity index (χ0n) is 12.0. The van der Waals surface area contributed by atoms with Gasteiger partial charge >= 0.3 is 0 Å². The van der Waals surface area contributed by atoms with Gasteiger partial charge in [0.1, 0.15) is 0 Å². The van der Waals surface area contributed by atoms with Crippen LogP contribution in [0.2, 0.25) is 0 Å². The van der Waals surface area contributed by atoms with E-state index in [1.54, 1.807) is 22.5 Å². The van der Waals surface area contributed by atoms with Gasteiger partial charge in [0.2, 0.25) is 10.0 Å². The molecule has 4 nitrogen and oxygen atoms in total. The summed E-state index contributed by atoms with van der Waals surface area (Å²) in [4.78, 5) is 0.325. The van der Waals surface area contributed by atoms with Gasteiger partial charge in [-0.25, -0.2) is 8.42 Å². The van der Waals surface area contributed by atoms with Crippen LogP contribution in [0.25, 0.3) is 0 Å². The molecule has 116 valence electrons. The van der Waals surface area contributed by atoms with Gasteiger partial charge in [-0.1, -0.05) is 19.3 Å². The molecule has 1 aromatic carbocycles. The molecule has 0 aromatic heterocycles. The van der Waals surface area contributed by atoms with Gasteiger partial charge < -0.3 is 5.73 Å². The second-order valence-electron chi connectivity index (χ2n) is 6.15. The third kappa shape index (κ3) is 2.98. The zero-order valence-corrected chi connectivity index (χ0v) is 14.4. The summed E-state index contributed by atoms with van der Waals surface area (Å²) in [5.74, 6) is 1.26. The summed E-state index contributed by atoms with van der Waals surface area (Å²) in [6.45, 7) is 1.31. The van der Waals surface area contributed by atoms with Gasteiger partial charge in [-0.2, -0.15) is 4.31 Å². The van der Waals surface area contributed by atoms with Crippen molar-refractivity contribution in [2.75, 3.05) is 18.8 Å². The molecule has 21 heavy (non-hydrogen) atoms. The summed E-state index contributed by atoms with van der Waals surface area (Å²) >= 11 is 3.33. The van der Waals surface area contributed by atoms with Crippen LogP contribution in [0.3, 0.4) is 0 Å². The van der Waals surface area contributed by atoms with Crippen LogP contribution in [0.15, 0.2) is 27.6 Å². The van der Waals surface area contributed by atoms with Crippen LogP contribution in [0.4, 0.5) is 5.69 Å². The van der Waals surface area contributed by atoms with Crippen LogP contribution in [0.1, 0.15) is 32.1 Å². The Kier molecular flexibility index (Phi) is 4.30. The minimum atomic E-state index is -3.43. The predicted molar refractivity (Wildman–Crippen MR) is 87.4 cm³/mol. The molecule has 2 aliphatic rings. The Hall–Kier alpha value is -0.590. The molecule has 0 radical (unpaired) electrons. The summed E-state index contributed by atoms with van der Waals surface area (Å²) in [5.41, 5.74) is 6.26. The van der Waals surface area contributed by atoms with Crippen molar-refractivity contribution in [1.29, 1.82) is 0 Å². The van der Waals surface area contributed by atoms with Crippen LogP contribution in [-0.2, 0) is 10.0 Å². The maximum Gasteiger partial charge on any atom is 0.244 e. The number of benzene rings is 1. The summed E-state index contributed by atoms with van der Waals surface area (Å²) < 4.78 is 27.9. The molecule has 2 unspecified atom stereocenters. The van der Waals surface area contributed by atoms with E-state index in [-0.39, 0.29) is 0 Å². The number of sulfonamides is 1. The molecule has 1 aliphatic heterocycles. The fourth-order valence-corrected chi connectivity index (χ4v) is 6.22. The molecule has 1 saturated carbocycles. The lowest BCUT2D eigenvalue weighted by atomic mass is 9.76. The van der Waals surface area contributed by atoms with Crippen molar-refractivity contribution in [1.82, 2.24) is 4.31 Å². The molecule has 1 aromatic rings. The van der Waals surface area contributed by atoms with Crippen LogP contribution in [0, 0.1) is 11.8 Å². The molecule has 2 atom stereocenters. The van der Waals surface area contributed by atoms with Crippen LogP contribution in [-0.4, -0.2) is 25.8 Å². The number of anilines is 1. The molecule has 0 amide bonds. The number of nitrogens with zero attached hydrogens (tertiary/aromatic N) is 1. The molecule has 1 aliphatic carbocycles. The van der Waals surface area contributed by atoms with Gasteiger partial charge in [0.05, 0.1) is 4.90 Å². The van der Waals surface area contributed by atoms with Crippen molar-refractivity contribution in [3.05, 3.63) is 22.7 Å². The third-order valence-electron chi connectivity index (χ3n) is 4.83. The summed E-state index contributed by atoms with van der Waals surface area (Å²) in [6.07, 6.45) is 5.97. The Bertz CT molecular complexity index is 633. The summed E-state index contributed by atoms with van der Waals surface area (Å²) in [6, 6.07) is 4.90. The second kappa shape index (κ2) is 5.89. The quantitative estimate of drug-likeness (QED) is 0.810. The Labute approximate surface area is 134 Å². The summed E-state index contributed by atoms with van der Waals surface area (Å²) in [5, 5.41) is 0. The number of rotatable bonds is 2. The molecule has 6 heteroatoms. The smallest absolute Gasteiger partial charge is 0.244 e. The number of nitrogens with two attached hydrogens (primary N) is 1. The van der Waals surface area contributed by atoms with E-state index in [1.807, 2.05) is 0 Å².